The lowest BCUT2D eigenvalue weighted by molar-refractivity contribution is -0.00518. The van der Waals surface area contributed by atoms with Gasteiger partial charge in [0.1, 0.15) is 22.3 Å². The summed E-state index contributed by atoms with van der Waals surface area (Å²) in [6, 6.07) is 56.0. The largest absolute Gasteiger partial charge is 0.455 e. The molecule has 0 saturated heterocycles. The highest BCUT2D eigenvalue weighted by Gasteiger charge is 2.51. The number of nitrogens with zero attached hydrogens (tertiary/aromatic N) is 3. The fourth-order valence-corrected chi connectivity index (χ4v) is 12.6. The number of hydrogen-bond donors (Lipinski definition) is 0. The van der Waals surface area contributed by atoms with Gasteiger partial charge < -0.3 is 8.83 Å². The van der Waals surface area contributed by atoms with E-state index in [1.54, 1.807) is 0 Å². The number of benzene rings is 8. The molecule has 8 aromatic carbocycles. The molecule has 296 valence electrons. The maximum atomic E-state index is 7.00. The third-order valence-electron chi connectivity index (χ3n) is 14.9. The topological polar surface area (TPSA) is 65.0 Å². The first-order chi connectivity index (χ1) is 30.6. The van der Waals surface area contributed by atoms with E-state index in [1.807, 2.05) is 30.3 Å². The first-order valence-corrected chi connectivity index (χ1v) is 22.3. The number of rotatable bonds is 5. The number of furan rings is 2. The van der Waals surface area contributed by atoms with Gasteiger partial charge in [-0.05, 0) is 119 Å². The fraction of sp³-hybridized carbons (Fsp3) is 0.175. The molecule has 0 N–H and O–H groups in total. The zero-order chi connectivity index (χ0) is 40.5. The minimum atomic E-state index is 0.348. The smallest absolute Gasteiger partial charge is 0.167 e. The maximum Gasteiger partial charge on any atom is 0.167 e. The van der Waals surface area contributed by atoms with E-state index in [4.69, 9.17) is 23.8 Å². The molecule has 11 aromatic rings. The highest BCUT2D eigenvalue weighted by molar-refractivity contribution is 6.31. The Morgan fingerprint density at radius 1 is 0.387 bits per heavy atom. The molecule has 0 aliphatic heterocycles. The molecular weight excluding hydrogens is 759 g/mol. The molecule has 0 radical (unpaired) electrons. The lowest BCUT2D eigenvalue weighted by Gasteiger charge is -2.57. The highest BCUT2D eigenvalue weighted by atomic mass is 16.3. The molecule has 5 nitrogen and oxygen atoms in total. The van der Waals surface area contributed by atoms with Crippen molar-refractivity contribution in [2.24, 2.45) is 17.8 Å². The number of para-hydroxylation sites is 2. The standard InChI is InChI=1S/C57H41N3O2/c1-2-11-37(12-3-1)54-58-55(46-19-10-18-45-50-43-16-6-4-13-40(43)41-14-5-7-17-44(41)53(50)62-51(45)46)60-56(59-54)48-29-38(28-47-42-15-8-9-20-49(42)61-52(47)48)36-21-23-39(24-22-36)57-30-33-25-34(31-57)27-35(26-33)32-57/h1-24,28-29,33-35H,25-27,30-32H2. The molecular formula is C57H41N3O2. The summed E-state index contributed by atoms with van der Waals surface area (Å²) < 4.78 is 13.8. The van der Waals surface area contributed by atoms with Gasteiger partial charge in [0, 0.05) is 32.5 Å². The second-order valence-corrected chi connectivity index (χ2v) is 18.5. The van der Waals surface area contributed by atoms with Gasteiger partial charge in [-0.3, -0.25) is 0 Å². The summed E-state index contributed by atoms with van der Waals surface area (Å²) in [4.78, 5) is 15.9. The molecule has 0 spiro atoms. The van der Waals surface area contributed by atoms with Crippen molar-refractivity contribution in [1.82, 2.24) is 15.0 Å². The van der Waals surface area contributed by atoms with Gasteiger partial charge >= 0.3 is 0 Å². The molecule has 62 heavy (non-hydrogen) atoms. The lowest BCUT2D eigenvalue weighted by atomic mass is 9.48. The summed E-state index contributed by atoms with van der Waals surface area (Å²) in [6.07, 6.45) is 8.42. The summed E-state index contributed by atoms with van der Waals surface area (Å²) in [5, 5.41) is 8.85. The summed E-state index contributed by atoms with van der Waals surface area (Å²) in [6.45, 7) is 0. The molecule has 0 amide bonds. The number of hydrogen-bond acceptors (Lipinski definition) is 5. The van der Waals surface area contributed by atoms with Crippen LogP contribution in [0.4, 0.5) is 0 Å². The lowest BCUT2D eigenvalue weighted by Crippen LogP contribution is -2.48. The van der Waals surface area contributed by atoms with E-state index in [0.717, 1.165) is 94.7 Å². The number of fused-ring (bicyclic) bond motifs is 11. The van der Waals surface area contributed by atoms with Gasteiger partial charge in [-0.1, -0.05) is 133 Å². The van der Waals surface area contributed by atoms with Gasteiger partial charge in [0.15, 0.2) is 17.5 Å². The minimum Gasteiger partial charge on any atom is -0.455 e. The van der Waals surface area contributed by atoms with E-state index in [2.05, 4.69) is 127 Å². The van der Waals surface area contributed by atoms with Gasteiger partial charge in [0.2, 0.25) is 0 Å². The summed E-state index contributed by atoms with van der Waals surface area (Å²) in [5.74, 6) is 4.40. The Morgan fingerprint density at radius 3 is 1.71 bits per heavy atom. The zero-order valence-corrected chi connectivity index (χ0v) is 34.1. The van der Waals surface area contributed by atoms with Crippen LogP contribution in [0.5, 0.6) is 0 Å². The van der Waals surface area contributed by atoms with Crippen LogP contribution in [0.15, 0.2) is 167 Å². The molecule has 0 unspecified atom stereocenters. The Hall–Kier alpha value is -7.11. The molecule has 5 heteroatoms. The molecule has 3 heterocycles. The summed E-state index contributed by atoms with van der Waals surface area (Å²) >= 11 is 0. The predicted molar refractivity (Wildman–Crippen MR) is 251 cm³/mol. The molecule has 15 rings (SSSR count). The van der Waals surface area contributed by atoms with Crippen molar-refractivity contribution >= 4 is 65.4 Å². The second-order valence-electron chi connectivity index (χ2n) is 18.5. The van der Waals surface area contributed by atoms with Crippen molar-refractivity contribution in [3.05, 3.63) is 163 Å². The van der Waals surface area contributed by atoms with Crippen LogP contribution in [-0.2, 0) is 5.41 Å². The van der Waals surface area contributed by atoms with Crippen molar-refractivity contribution in [2.75, 3.05) is 0 Å². The van der Waals surface area contributed by atoms with Crippen molar-refractivity contribution in [2.45, 2.75) is 43.9 Å². The molecule has 4 saturated carbocycles. The Morgan fingerprint density at radius 2 is 0.968 bits per heavy atom. The molecule has 4 aliphatic rings. The monoisotopic (exact) mass is 799 g/mol. The molecule has 4 bridgehead atoms. The normalized spacial score (nSPS) is 20.7. The Kier molecular flexibility index (Phi) is 7.22. The molecule has 3 aromatic heterocycles. The van der Waals surface area contributed by atoms with E-state index in [0.29, 0.717) is 22.9 Å². The minimum absolute atomic E-state index is 0.348. The Bertz CT molecular complexity index is 3580. The van der Waals surface area contributed by atoms with Gasteiger partial charge in [-0.2, -0.15) is 0 Å². The molecule has 4 fully saturated rings. The van der Waals surface area contributed by atoms with Crippen LogP contribution in [-0.4, -0.2) is 15.0 Å². The van der Waals surface area contributed by atoms with Crippen LogP contribution < -0.4 is 0 Å². The third kappa shape index (κ3) is 5.11. The first-order valence-electron chi connectivity index (χ1n) is 22.3. The maximum absolute atomic E-state index is 7.00. The van der Waals surface area contributed by atoms with Crippen LogP contribution >= 0.6 is 0 Å². The van der Waals surface area contributed by atoms with E-state index < -0.39 is 0 Å². The average Bonchev–Trinajstić information content (AvgIpc) is 3.91. The van der Waals surface area contributed by atoms with E-state index >= 15 is 0 Å². The van der Waals surface area contributed by atoms with Crippen LogP contribution in [0.25, 0.3) is 111 Å². The number of aromatic nitrogens is 3. The summed E-state index contributed by atoms with van der Waals surface area (Å²) in [7, 11) is 0. The van der Waals surface area contributed by atoms with E-state index in [1.165, 1.54) is 60.4 Å². The Labute approximate surface area is 358 Å². The Balaban J connectivity index is 0.984. The average molecular weight is 800 g/mol. The molecule has 0 atom stereocenters. The van der Waals surface area contributed by atoms with Gasteiger partial charge in [0.25, 0.3) is 0 Å². The van der Waals surface area contributed by atoms with Crippen molar-refractivity contribution < 1.29 is 8.83 Å². The van der Waals surface area contributed by atoms with E-state index in [9.17, 15) is 0 Å². The van der Waals surface area contributed by atoms with Crippen molar-refractivity contribution in [3.8, 4) is 45.3 Å². The van der Waals surface area contributed by atoms with Crippen LogP contribution in [0.2, 0.25) is 0 Å². The predicted octanol–water partition coefficient (Wildman–Crippen LogP) is 15.1. The zero-order valence-electron chi connectivity index (χ0n) is 34.1. The fourth-order valence-electron chi connectivity index (χ4n) is 12.6. The van der Waals surface area contributed by atoms with Gasteiger partial charge in [0.05, 0.1) is 11.1 Å². The van der Waals surface area contributed by atoms with Crippen LogP contribution in [0.1, 0.15) is 44.1 Å². The van der Waals surface area contributed by atoms with Crippen molar-refractivity contribution in [1.29, 1.82) is 0 Å². The molecule has 4 aliphatic carbocycles. The van der Waals surface area contributed by atoms with Crippen molar-refractivity contribution in [3.63, 3.8) is 0 Å². The highest BCUT2D eigenvalue weighted by Crippen LogP contribution is 2.61. The third-order valence-corrected chi connectivity index (χ3v) is 14.9. The second kappa shape index (κ2) is 13.0. The first kappa shape index (κ1) is 34.6. The van der Waals surface area contributed by atoms with Gasteiger partial charge in [-0.15, -0.1) is 0 Å². The summed E-state index contributed by atoms with van der Waals surface area (Å²) in [5.41, 5.74) is 9.92. The van der Waals surface area contributed by atoms with Crippen LogP contribution in [0.3, 0.4) is 0 Å². The SMILES string of the molecule is c1ccc(-c2nc(-c3cc(-c4ccc(C56CC7CC(CC(C7)C5)C6)cc4)cc4c3oc3ccccc34)nc(-c3cccc4c3oc3c5ccccc5c5ccccc5c43)n2)cc1. The van der Waals surface area contributed by atoms with Gasteiger partial charge in [-0.25, -0.2) is 15.0 Å². The van der Waals surface area contributed by atoms with Crippen LogP contribution in [0, 0.1) is 17.8 Å². The quantitative estimate of drug-likeness (QED) is 0.162. The van der Waals surface area contributed by atoms with E-state index in [-0.39, 0.29) is 0 Å².